The van der Waals surface area contributed by atoms with Gasteiger partial charge < -0.3 is 9.80 Å². The van der Waals surface area contributed by atoms with E-state index >= 15 is 0 Å². The van der Waals surface area contributed by atoms with E-state index in [0.717, 1.165) is 12.1 Å². The first-order valence-corrected chi connectivity index (χ1v) is 6.26. The average Bonchev–Trinajstić information content (AvgIpc) is 2.66. The summed E-state index contributed by atoms with van der Waals surface area (Å²) in [6, 6.07) is 1.62. The van der Waals surface area contributed by atoms with E-state index in [-0.39, 0.29) is 0 Å². The fourth-order valence-corrected chi connectivity index (χ4v) is 2.96. The Morgan fingerprint density at radius 3 is 2.47 bits per heavy atom. The summed E-state index contributed by atoms with van der Waals surface area (Å²) >= 11 is 0. The summed E-state index contributed by atoms with van der Waals surface area (Å²) in [6.07, 6.45) is 4.14. The molecule has 2 heterocycles. The zero-order valence-corrected chi connectivity index (χ0v) is 10.4. The van der Waals surface area contributed by atoms with Crippen LogP contribution in [0.15, 0.2) is 0 Å². The van der Waals surface area contributed by atoms with E-state index in [2.05, 4.69) is 35.8 Å². The third-order valence-electron chi connectivity index (χ3n) is 4.04. The van der Waals surface area contributed by atoms with Gasteiger partial charge in [0.25, 0.3) is 0 Å². The Hall–Kier alpha value is -0.120. The van der Waals surface area contributed by atoms with E-state index in [1.54, 1.807) is 0 Å². The number of rotatable bonds is 2. The minimum atomic E-state index is 0.789. The SMILES string of the molecule is CN1CCC[C@H](N2CCC(N(C)C)C2)C1. The molecule has 2 aliphatic rings. The molecule has 15 heavy (non-hydrogen) atoms. The lowest BCUT2D eigenvalue weighted by Crippen LogP contribution is -2.46. The summed E-state index contributed by atoms with van der Waals surface area (Å²) in [5.74, 6) is 0. The Bertz CT molecular complexity index is 205. The molecule has 0 spiro atoms. The van der Waals surface area contributed by atoms with Crippen LogP contribution in [-0.4, -0.2) is 74.1 Å². The highest BCUT2D eigenvalue weighted by molar-refractivity contribution is 4.88. The topological polar surface area (TPSA) is 9.72 Å². The fraction of sp³-hybridized carbons (Fsp3) is 1.00. The molecular weight excluding hydrogens is 186 g/mol. The van der Waals surface area contributed by atoms with Crippen LogP contribution in [0.3, 0.4) is 0 Å². The molecular formula is C12H25N3. The van der Waals surface area contributed by atoms with Crippen molar-refractivity contribution in [2.24, 2.45) is 0 Å². The van der Waals surface area contributed by atoms with Crippen LogP contribution in [0.1, 0.15) is 19.3 Å². The van der Waals surface area contributed by atoms with Crippen molar-refractivity contribution >= 4 is 0 Å². The lowest BCUT2D eigenvalue weighted by atomic mass is 10.1. The van der Waals surface area contributed by atoms with Gasteiger partial charge in [0.1, 0.15) is 0 Å². The third kappa shape index (κ3) is 2.71. The zero-order valence-electron chi connectivity index (χ0n) is 10.4. The maximum Gasteiger partial charge on any atom is 0.0229 e. The maximum absolute atomic E-state index is 2.71. The normalized spacial score (nSPS) is 35.2. The monoisotopic (exact) mass is 211 g/mol. The summed E-state index contributed by atoms with van der Waals surface area (Å²) in [6.45, 7) is 5.16. The van der Waals surface area contributed by atoms with Crippen molar-refractivity contribution in [1.29, 1.82) is 0 Å². The number of nitrogens with zero attached hydrogens (tertiary/aromatic N) is 3. The van der Waals surface area contributed by atoms with E-state index in [9.17, 15) is 0 Å². The van der Waals surface area contributed by atoms with E-state index in [0.29, 0.717) is 0 Å². The van der Waals surface area contributed by atoms with Gasteiger partial charge in [-0.3, -0.25) is 4.90 Å². The van der Waals surface area contributed by atoms with Gasteiger partial charge in [0, 0.05) is 31.7 Å². The first-order chi connectivity index (χ1) is 7.16. The number of hydrogen-bond acceptors (Lipinski definition) is 3. The predicted molar refractivity (Wildman–Crippen MR) is 64.2 cm³/mol. The second kappa shape index (κ2) is 4.81. The summed E-state index contributed by atoms with van der Waals surface area (Å²) < 4.78 is 0. The molecule has 2 fully saturated rings. The molecule has 0 aromatic carbocycles. The van der Waals surface area contributed by atoms with Gasteiger partial charge in [-0.15, -0.1) is 0 Å². The van der Waals surface area contributed by atoms with E-state index in [1.165, 1.54) is 45.4 Å². The first-order valence-electron chi connectivity index (χ1n) is 6.26. The summed E-state index contributed by atoms with van der Waals surface area (Å²) in [5, 5.41) is 0. The highest BCUT2D eigenvalue weighted by Gasteiger charge is 2.30. The lowest BCUT2D eigenvalue weighted by molar-refractivity contribution is 0.126. The second-order valence-electron chi connectivity index (χ2n) is 5.46. The Morgan fingerprint density at radius 1 is 1.07 bits per heavy atom. The molecule has 0 radical (unpaired) electrons. The van der Waals surface area contributed by atoms with Crippen molar-refractivity contribution < 1.29 is 0 Å². The Balaban J connectivity index is 1.84. The highest BCUT2D eigenvalue weighted by atomic mass is 15.3. The molecule has 0 aromatic heterocycles. The molecule has 0 N–H and O–H groups in total. The molecule has 0 aliphatic carbocycles. The molecule has 2 rings (SSSR count). The maximum atomic E-state index is 2.71. The first kappa shape index (κ1) is 11.4. The van der Waals surface area contributed by atoms with Crippen molar-refractivity contribution in [1.82, 2.24) is 14.7 Å². The molecule has 3 heteroatoms. The van der Waals surface area contributed by atoms with Crippen molar-refractivity contribution in [3.8, 4) is 0 Å². The Labute approximate surface area is 94.0 Å². The van der Waals surface area contributed by atoms with Crippen LogP contribution in [-0.2, 0) is 0 Å². The van der Waals surface area contributed by atoms with Crippen LogP contribution in [0.25, 0.3) is 0 Å². The average molecular weight is 211 g/mol. The van der Waals surface area contributed by atoms with Crippen LogP contribution in [0.2, 0.25) is 0 Å². The van der Waals surface area contributed by atoms with Crippen LogP contribution >= 0.6 is 0 Å². The summed E-state index contributed by atoms with van der Waals surface area (Å²) in [5.41, 5.74) is 0. The van der Waals surface area contributed by atoms with Crippen LogP contribution in [0.4, 0.5) is 0 Å². The fourth-order valence-electron chi connectivity index (χ4n) is 2.96. The van der Waals surface area contributed by atoms with Gasteiger partial charge in [-0.05, 0) is 47.0 Å². The van der Waals surface area contributed by atoms with Crippen LogP contribution < -0.4 is 0 Å². The van der Waals surface area contributed by atoms with Gasteiger partial charge in [-0.1, -0.05) is 0 Å². The zero-order chi connectivity index (χ0) is 10.8. The standard InChI is InChI=1S/C12H25N3/c1-13(2)11-6-8-15(10-11)12-5-4-7-14(3)9-12/h11-12H,4-10H2,1-3H3/t11?,12-/m0/s1. The van der Waals surface area contributed by atoms with Gasteiger partial charge in [-0.25, -0.2) is 0 Å². The van der Waals surface area contributed by atoms with Gasteiger partial charge in [-0.2, -0.15) is 0 Å². The van der Waals surface area contributed by atoms with Crippen molar-refractivity contribution in [2.75, 3.05) is 47.3 Å². The molecule has 3 nitrogen and oxygen atoms in total. The smallest absolute Gasteiger partial charge is 0.0229 e. The van der Waals surface area contributed by atoms with Crippen LogP contribution in [0.5, 0.6) is 0 Å². The number of likely N-dealkylation sites (tertiary alicyclic amines) is 2. The number of hydrogen-bond donors (Lipinski definition) is 0. The minimum absolute atomic E-state index is 0.789. The largest absolute Gasteiger partial charge is 0.305 e. The highest BCUT2D eigenvalue weighted by Crippen LogP contribution is 2.21. The molecule has 0 amide bonds. The molecule has 0 saturated carbocycles. The van der Waals surface area contributed by atoms with Gasteiger partial charge in [0.2, 0.25) is 0 Å². The van der Waals surface area contributed by atoms with E-state index in [1.807, 2.05) is 0 Å². The van der Waals surface area contributed by atoms with Gasteiger partial charge in [0.05, 0.1) is 0 Å². The Morgan fingerprint density at radius 2 is 1.87 bits per heavy atom. The third-order valence-corrected chi connectivity index (χ3v) is 4.04. The Kier molecular flexibility index (Phi) is 3.65. The lowest BCUT2D eigenvalue weighted by Gasteiger charge is -2.36. The molecule has 0 bridgehead atoms. The molecule has 2 atom stereocenters. The second-order valence-corrected chi connectivity index (χ2v) is 5.46. The summed E-state index contributed by atoms with van der Waals surface area (Å²) in [7, 11) is 6.67. The molecule has 2 saturated heterocycles. The van der Waals surface area contributed by atoms with E-state index < -0.39 is 0 Å². The summed E-state index contributed by atoms with van der Waals surface area (Å²) in [4.78, 5) is 7.57. The van der Waals surface area contributed by atoms with Crippen LogP contribution in [0, 0.1) is 0 Å². The molecule has 1 unspecified atom stereocenters. The quantitative estimate of drug-likeness (QED) is 0.666. The van der Waals surface area contributed by atoms with Crippen molar-refractivity contribution in [2.45, 2.75) is 31.3 Å². The molecule has 88 valence electrons. The van der Waals surface area contributed by atoms with Gasteiger partial charge in [0.15, 0.2) is 0 Å². The molecule has 0 aromatic rings. The predicted octanol–water partition coefficient (Wildman–Crippen LogP) is 0.717. The van der Waals surface area contributed by atoms with Gasteiger partial charge >= 0.3 is 0 Å². The minimum Gasteiger partial charge on any atom is -0.305 e. The number of likely N-dealkylation sites (N-methyl/N-ethyl adjacent to an activating group) is 2. The van der Waals surface area contributed by atoms with Crippen molar-refractivity contribution in [3.05, 3.63) is 0 Å². The van der Waals surface area contributed by atoms with E-state index in [4.69, 9.17) is 0 Å². The number of piperidine rings is 1. The van der Waals surface area contributed by atoms with Crippen molar-refractivity contribution in [3.63, 3.8) is 0 Å². The molecule has 2 aliphatic heterocycles.